The molecule has 0 spiro atoms. The second kappa shape index (κ2) is 7.57. The van der Waals surface area contributed by atoms with Crippen molar-refractivity contribution in [3.63, 3.8) is 0 Å². The van der Waals surface area contributed by atoms with Crippen molar-refractivity contribution in [2.75, 3.05) is 5.73 Å². The Labute approximate surface area is 173 Å². The van der Waals surface area contributed by atoms with Crippen LogP contribution in [0.2, 0.25) is 0 Å². The summed E-state index contributed by atoms with van der Waals surface area (Å²) in [5.74, 6) is 0.743. The first-order valence-electron chi connectivity index (χ1n) is 9.99. The van der Waals surface area contributed by atoms with Crippen molar-refractivity contribution in [2.24, 2.45) is 5.92 Å². The van der Waals surface area contributed by atoms with E-state index in [1.807, 2.05) is 24.5 Å². The molecule has 1 aliphatic rings. The minimum absolute atomic E-state index is 0.247. The van der Waals surface area contributed by atoms with Crippen LogP contribution in [-0.4, -0.2) is 30.7 Å². The summed E-state index contributed by atoms with van der Waals surface area (Å²) in [7, 11) is 0. The number of nitrogens with zero attached hydrogens (tertiary/aromatic N) is 4. The second-order valence-electron chi connectivity index (χ2n) is 7.66. The Morgan fingerprint density at radius 1 is 1.10 bits per heavy atom. The van der Waals surface area contributed by atoms with Gasteiger partial charge in [-0.15, -0.1) is 11.3 Å². The Morgan fingerprint density at radius 2 is 1.93 bits per heavy atom. The monoisotopic (exact) mass is 405 g/mol. The SMILES string of the molecule is Nc1ncnc2sc(-c3c(-c4ccccc4)ncn3C[C@H]3CCCC[C@@H]3O)cc12. The number of aromatic nitrogens is 4. The maximum absolute atomic E-state index is 10.5. The zero-order valence-electron chi connectivity index (χ0n) is 16.0. The fourth-order valence-electron chi connectivity index (χ4n) is 4.23. The summed E-state index contributed by atoms with van der Waals surface area (Å²) >= 11 is 1.60. The zero-order chi connectivity index (χ0) is 19.8. The average molecular weight is 406 g/mol. The largest absolute Gasteiger partial charge is 0.393 e. The van der Waals surface area contributed by atoms with Crippen LogP contribution in [0.1, 0.15) is 25.7 Å². The fourth-order valence-corrected chi connectivity index (χ4v) is 5.30. The van der Waals surface area contributed by atoms with E-state index in [9.17, 15) is 5.11 Å². The number of aliphatic hydroxyl groups is 1. The van der Waals surface area contributed by atoms with Crippen LogP contribution < -0.4 is 5.73 Å². The van der Waals surface area contributed by atoms with Gasteiger partial charge in [0.15, 0.2) is 0 Å². The number of aliphatic hydroxyl groups excluding tert-OH is 1. The Morgan fingerprint density at radius 3 is 2.72 bits per heavy atom. The number of hydrogen-bond donors (Lipinski definition) is 2. The molecule has 1 aromatic carbocycles. The van der Waals surface area contributed by atoms with Crippen molar-refractivity contribution in [2.45, 2.75) is 38.3 Å². The number of rotatable bonds is 4. The van der Waals surface area contributed by atoms with E-state index in [2.05, 4.69) is 32.7 Å². The molecule has 1 aliphatic carbocycles. The van der Waals surface area contributed by atoms with Crippen LogP contribution in [0.5, 0.6) is 0 Å². The molecule has 7 heteroatoms. The number of benzene rings is 1. The Hall–Kier alpha value is -2.77. The third kappa shape index (κ3) is 3.41. The van der Waals surface area contributed by atoms with E-state index >= 15 is 0 Å². The molecule has 0 amide bonds. The first kappa shape index (κ1) is 18.3. The van der Waals surface area contributed by atoms with Gasteiger partial charge in [0, 0.05) is 18.0 Å². The van der Waals surface area contributed by atoms with Gasteiger partial charge in [-0.3, -0.25) is 0 Å². The van der Waals surface area contributed by atoms with E-state index in [4.69, 9.17) is 10.7 Å². The van der Waals surface area contributed by atoms with E-state index in [-0.39, 0.29) is 12.0 Å². The van der Waals surface area contributed by atoms with Crippen LogP contribution in [0.4, 0.5) is 5.82 Å². The number of thiophene rings is 1. The van der Waals surface area contributed by atoms with Crippen molar-refractivity contribution in [3.8, 4) is 21.8 Å². The maximum Gasteiger partial charge on any atom is 0.135 e. The summed E-state index contributed by atoms with van der Waals surface area (Å²) in [6.07, 6.45) is 7.37. The smallest absolute Gasteiger partial charge is 0.135 e. The van der Waals surface area contributed by atoms with E-state index in [0.717, 1.165) is 57.9 Å². The summed E-state index contributed by atoms with van der Waals surface area (Å²) in [5, 5.41) is 11.4. The van der Waals surface area contributed by atoms with Crippen molar-refractivity contribution in [3.05, 3.63) is 49.1 Å². The summed E-state index contributed by atoms with van der Waals surface area (Å²) in [5.41, 5.74) is 9.14. The predicted molar refractivity (Wildman–Crippen MR) is 116 cm³/mol. The lowest BCUT2D eigenvalue weighted by atomic mass is 9.86. The lowest BCUT2D eigenvalue weighted by Gasteiger charge is -2.28. The van der Waals surface area contributed by atoms with Gasteiger partial charge < -0.3 is 15.4 Å². The van der Waals surface area contributed by atoms with Gasteiger partial charge in [0.2, 0.25) is 0 Å². The van der Waals surface area contributed by atoms with Gasteiger partial charge in [0.1, 0.15) is 17.0 Å². The molecule has 0 unspecified atom stereocenters. The molecule has 3 N–H and O–H groups in total. The van der Waals surface area contributed by atoms with Gasteiger partial charge in [-0.2, -0.15) is 0 Å². The molecule has 148 valence electrons. The Balaban J connectivity index is 1.64. The van der Waals surface area contributed by atoms with E-state index in [1.165, 1.54) is 12.7 Å². The summed E-state index contributed by atoms with van der Waals surface area (Å²) in [6.45, 7) is 0.756. The zero-order valence-corrected chi connectivity index (χ0v) is 16.8. The highest BCUT2D eigenvalue weighted by Gasteiger charge is 2.26. The molecule has 6 nitrogen and oxygen atoms in total. The fraction of sp³-hybridized carbons (Fsp3) is 0.318. The second-order valence-corrected chi connectivity index (χ2v) is 8.69. The molecule has 0 aliphatic heterocycles. The van der Waals surface area contributed by atoms with Crippen LogP contribution >= 0.6 is 11.3 Å². The third-order valence-corrected chi connectivity index (χ3v) is 6.83. The van der Waals surface area contributed by atoms with Crippen molar-refractivity contribution in [1.82, 2.24) is 19.5 Å². The molecule has 29 heavy (non-hydrogen) atoms. The molecular formula is C22H23N5OS. The number of fused-ring (bicyclic) bond motifs is 1. The van der Waals surface area contributed by atoms with Crippen LogP contribution in [0.15, 0.2) is 49.1 Å². The van der Waals surface area contributed by atoms with Crippen molar-refractivity contribution >= 4 is 27.4 Å². The first-order valence-corrected chi connectivity index (χ1v) is 10.8. The molecule has 0 bridgehead atoms. The lowest BCUT2D eigenvalue weighted by Crippen LogP contribution is -2.28. The highest BCUT2D eigenvalue weighted by atomic mass is 32.1. The van der Waals surface area contributed by atoms with E-state index in [0.29, 0.717) is 5.82 Å². The molecule has 2 atom stereocenters. The molecule has 4 aromatic rings. The van der Waals surface area contributed by atoms with Gasteiger partial charge in [-0.25, -0.2) is 15.0 Å². The third-order valence-electron chi connectivity index (χ3n) is 5.78. The minimum Gasteiger partial charge on any atom is -0.393 e. The predicted octanol–water partition coefficient (Wildman–Crippen LogP) is 4.36. The van der Waals surface area contributed by atoms with Gasteiger partial charge in [-0.1, -0.05) is 43.2 Å². The van der Waals surface area contributed by atoms with Gasteiger partial charge in [0.05, 0.1) is 34.1 Å². The number of anilines is 1. The number of nitrogens with two attached hydrogens (primary N) is 1. The first-order chi connectivity index (χ1) is 14.2. The standard InChI is InChI=1S/C22H23N5OS/c23-21-16-10-18(29-22(16)25-12-24-21)20-19(14-6-2-1-3-7-14)26-13-27(20)11-15-8-4-5-9-17(15)28/h1-3,6-7,10,12-13,15,17,28H,4-5,8-9,11H2,(H2,23,24,25)/t15-,17+/m1/s1. The quantitative estimate of drug-likeness (QED) is 0.527. The summed E-state index contributed by atoms with van der Waals surface area (Å²) < 4.78 is 2.19. The maximum atomic E-state index is 10.5. The molecule has 3 aromatic heterocycles. The van der Waals surface area contributed by atoms with E-state index < -0.39 is 0 Å². The van der Waals surface area contributed by atoms with Crippen LogP contribution in [0.3, 0.4) is 0 Å². The normalized spacial score (nSPS) is 19.6. The highest BCUT2D eigenvalue weighted by Crippen LogP contribution is 2.39. The summed E-state index contributed by atoms with van der Waals surface area (Å²) in [4.78, 5) is 15.2. The molecule has 0 radical (unpaired) electrons. The number of hydrogen-bond acceptors (Lipinski definition) is 6. The average Bonchev–Trinajstić information content (AvgIpc) is 3.35. The van der Waals surface area contributed by atoms with Crippen LogP contribution in [0.25, 0.3) is 32.0 Å². The van der Waals surface area contributed by atoms with Gasteiger partial charge in [-0.05, 0) is 18.9 Å². The summed E-state index contributed by atoms with van der Waals surface area (Å²) in [6, 6.07) is 12.3. The molecule has 3 heterocycles. The Bertz CT molecular complexity index is 1140. The lowest BCUT2D eigenvalue weighted by molar-refractivity contribution is 0.0609. The van der Waals surface area contributed by atoms with Crippen molar-refractivity contribution in [1.29, 1.82) is 0 Å². The molecule has 5 rings (SSSR count). The van der Waals surface area contributed by atoms with E-state index in [1.54, 1.807) is 11.3 Å². The number of imidazole rings is 1. The van der Waals surface area contributed by atoms with Gasteiger partial charge in [0.25, 0.3) is 0 Å². The Kier molecular flexibility index (Phi) is 4.77. The van der Waals surface area contributed by atoms with Crippen molar-refractivity contribution < 1.29 is 5.11 Å². The molecular weight excluding hydrogens is 382 g/mol. The van der Waals surface area contributed by atoms with Crippen LogP contribution in [0, 0.1) is 5.92 Å². The molecule has 1 saturated carbocycles. The highest BCUT2D eigenvalue weighted by molar-refractivity contribution is 7.21. The topological polar surface area (TPSA) is 89.9 Å². The molecule has 1 fully saturated rings. The van der Waals surface area contributed by atoms with Crippen LogP contribution in [-0.2, 0) is 6.54 Å². The van der Waals surface area contributed by atoms with Gasteiger partial charge >= 0.3 is 0 Å². The number of nitrogen functional groups attached to an aromatic ring is 1. The minimum atomic E-state index is -0.247. The molecule has 0 saturated heterocycles.